The summed E-state index contributed by atoms with van der Waals surface area (Å²) in [6, 6.07) is 7.04. The van der Waals surface area contributed by atoms with Gasteiger partial charge in [0.15, 0.2) is 6.73 Å². The fourth-order valence-electron chi connectivity index (χ4n) is 2.49. The number of nitrogens with one attached hydrogen (secondary N) is 1. The number of aromatic nitrogens is 4. The maximum absolute atomic E-state index is 12.3. The molecule has 9 heteroatoms. The minimum absolute atomic E-state index is 0.183. The molecule has 0 aliphatic heterocycles. The van der Waals surface area contributed by atoms with Crippen LogP contribution in [0.15, 0.2) is 36.7 Å². The smallest absolute Gasteiger partial charge is 0.272 e. The van der Waals surface area contributed by atoms with Gasteiger partial charge in [0.2, 0.25) is 0 Å². The van der Waals surface area contributed by atoms with Crippen LogP contribution in [-0.4, -0.2) is 25.5 Å². The summed E-state index contributed by atoms with van der Waals surface area (Å²) in [4.78, 5) is 12.3. The highest BCUT2D eigenvalue weighted by Gasteiger charge is 2.13. The van der Waals surface area contributed by atoms with Crippen LogP contribution in [-0.2, 0) is 19.8 Å². The summed E-state index contributed by atoms with van der Waals surface area (Å²) in [5.74, 6) is 0.386. The lowest BCUT2D eigenvalue weighted by Gasteiger charge is -2.08. The third kappa shape index (κ3) is 4.61. The molecule has 0 saturated heterocycles. The topological polar surface area (TPSA) is 74.0 Å². The molecule has 27 heavy (non-hydrogen) atoms. The fourth-order valence-corrected chi connectivity index (χ4v) is 2.82. The number of aryl methyl sites for hydroxylation is 2. The van der Waals surface area contributed by atoms with Crippen molar-refractivity contribution in [2.75, 3.05) is 0 Å². The van der Waals surface area contributed by atoms with E-state index in [0.717, 1.165) is 11.3 Å². The van der Waals surface area contributed by atoms with Crippen LogP contribution in [0.2, 0.25) is 10.0 Å². The lowest BCUT2D eigenvalue weighted by atomic mass is 10.2. The number of halogens is 2. The third-order valence-electron chi connectivity index (χ3n) is 3.98. The predicted molar refractivity (Wildman–Crippen MR) is 103 cm³/mol. The molecule has 1 aromatic carbocycles. The van der Waals surface area contributed by atoms with Crippen LogP contribution in [0.25, 0.3) is 0 Å². The maximum atomic E-state index is 12.3. The molecular formula is C18H19Cl2N5O2. The van der Waals surface area contributed by atoms with E-state index < -0.39 is 0 Å². The van der Waals surface area contributed by atoms with Gasteiger partial charge in [-0.3, -0.25) is 9.48 Å². The Morgan fingerprint density at radius 2 is 2.07 bits per heavy atom. The minimum atomic E-state index is -0.295. The van der Waals surface area contributed by atoms with Crippen LogP contribution >= 0.6 is 23.2 Å². The second-order valence-corrected chi connectivity index (χ2v) is 6.68. The summed E-state index contributed by atoms with van der Waals surface area (Å²) in [5, 5.41) is 12.4. The van der Waals surface area contributed by atoms with E-state index in [1.807, 2.05) is 19.9 Å². The lowest BCUT2D eigenvalue weighted by molar-refractivity contribution is 0.0943. The number of amides is 1. The second kappa shape index (κ2) is 8.45. The molecule has 1 N–H and O–H groups in total. The van der Waals surface area contributed by atoms with Gasteiger partial charge in [-0.2, -0.15) is 10.2 Å². The van der Waals surface area contributed by atoms with Crippen molar-refractivity contribution < 1.29 is 9.53 Å². The molecule has 0 atom stereocenters. The maximum Gasteiger partial charge on any atom is 0.272 e. The molecule has 7 nitrogen and oxygen atoms in total. The van der Waals surface area contributed by atoms with E-state index in [4.69, 9.17) is 27.9 Å². The normalized spacial score (nSPS) is 10.8. The number of hydrogen-bond acceptors (Lipinski definition) is 4. The van der Waals surface area contributed by atoms with Gasteiger partial charge in [0, 0.05) is 17.8 Å². The number of ether oxygens (including phenoxy) is 1. The second-order valence-electron chi connectivity index (χ2n) is 5.86. The van der Waals surface area contributed by atoms with Crippen molar-refractivity contribution in [3.8, 4) is 5.75 Å². The zero-order valence-corrected chi connectivity index (χ0v) is 16.5. The van der Waals surface area contributed by atoms with Gasteiger partial charge in [0.25, 0.3) is 5.91 Å². The number of hydrogen-bond donors (Lipinski definition) is 1. The highest BCUT2D eigenvalue weighted by Crippen LogP contribution is 2.21. The van der Waals surface area contributed by atoms with E-state index in [0.29, 0.717) is 28.0 Å². The number of carbonyl (C=O) groups is 1. The van der Waals surface area contributed by atoms with Gasteiger partial charge >= 0.3 is 0 Å². The molecule has 142 valence electrons. The Labute approximate surface area is 166 Å². The Morgan fingerprint density at radius 3 is 2.81 bits per heavy atom. The van der Waals surface area contributed by atoms with Gasteiger partial charge < -0.3 is 10.1 Å². The van der Waals surface area contributed by atoms with E-state index in [1.165, 1.54) is 0 Å². The largest absolute Gasteiger partial charge is 0.471 e. The predicted octanol–water partition coefficient (Wildman–Crippen LogP) is 3.68. The van der Waals surface area contributed by atoms with Gasteiger partial charge in [-0.05, 0) is 43.7 Å². The fraction of sp³-hybridized carbons (Fsp3) is 0.278. The first-order chi connectivity index (χ1) is 13.0. The molecule has 0 aliphatic carbocycles. The Kier molecular flexibility index (Phi) is 6.03. The van der Waals surface area contributed by atoms with Crippen LogP contribution in [0.1, 0.15) is 28.7 Å². The molecule has 1 amide bonds. The molecule has 3 aromatic rings. The van der Waals surface area contributed by atoms with E-state index in [1.54, 1.807) is 40.0 Å². The summed E-state index contributed by atoms with van der Waals surface area (Å²) in [6.07, 6.45) is 3.25. The third-order valence-corrected chi connectivity index (χ3v) is 4.72. The molecule has 0 spiro atoms. The van der Waals surface area contributed by atoms with E-state index >= 15 is 0 Å². The Morgan fingerprint density at radius 1 is 1.26 bits per heavy atom. The molecule has 2 heterocycles. The Hall–Kier alpha value is -2.51. The van der Waals surface area contributed by atoms with Crippen molar-refractivity contribution in [1.82, 2.24) is 24.9 Å². The summed E-state index contributed by atoms with van der Waals surface area (Å²) in [6.45, 7) is 5.00. The molecular weight excluding hydrogens is 389 g/mol. The van der Waals surface area contributed by atoms with Crippen molar-refractivity contribution in [3.63, 3.8) is 0 Å². The van der Waals surface area contributed by atoms with Gasteiger partial charge in [-0.25, -0.2) is 4.68 Å². The first-order valence-corrected chi connectivity index (χ1v) is 9.14. The van der Waals surface area contributed by atoms with Crippen molar-refractivity contribution in [3.05, 3.63) is 63.7 Å². The molecule has 0 radical (unpaired) electrons. The average Bonchev–Trinajstić information content (AvgIpc) is 3.27. The number of nitrogens with zero attached hydrogens (tertiary/aromatic N) is 4. The summed E-state index contributed by atoms with van der Waals surface area (Å²) >= 11 is 12.1. The summed E-state index contributed by atoms with van der Waals surface area (Å²) in [5.41, 5.74) is 1.98. The van der Waals surface area contributed by atoms with Crippen molar-refractivity contribution in [2.45, 2.75) is 33.7 Å². The van der Waals surface area contributed by atoms with Gasteiger partial charge in [-0.15, -0.1) is 0 Å². The molecule has 2 aromatic heterocycles. The van der Waals surface area contributed by atoms with E-state index in [2.05, 4.69) is 15.5 Å². The SMILES string of the molecule is CCn1ncc(Cl)c1CNC(=O)c1ccn(COc2ccc(Cl)c(C)c2)n1. The lowest BCUT2D eigenvalue weighted by Crippen LogP contribution is -2.25. The highest BCUT2D eigenvalue weighted by atomic mass is 35.5. The number of rotatable bonds is 7. The zero-order valence-electron chi connectivity index (χ0n) is 14.9. The van der Waals surface area contributed by atoms with E-state index in [9.17, 15) is 4.79 Å². The Bertz CT molecular complexity index is 951. The zero-order chi connectivity index (χ0) is 19.4. The first kappa shape index (κ1) is 19.3. The molecule has 3 rings (SSSR count). The van der Waals surface area contributed by atoms with Crippen LogP contribution in [0.4, 0.5) is 0 Å². The number of carbonyl (C=O) groups excluding carboxylic acids is 1. The minimum Gasteiger partial charge on any atom is -0.471 e. The Balaban J connectivity index is 1.57. The summed E-state index contributed by atoms with van der Waals surface area (Å²) < 4.78 is 8.95. The molecule has 0 bridgehead atoms. The first-order valence-electron chi connectivity index (χ1n) is 8.38. The van der Waals surface area contributed by atoms with Crippen LogP contribution in [0.3, 0.4) is 0 Å². The van der Waals surface area contributed by atoms with Gasteiger partial charge in [-0.1, -0.05) is 23.2 Å². The highest BCUT2D eigenvalue weighted by molar-refractivity contribution is 6.31. The van der Waals surface area contributed by atoms with Crippen LogP contribution in [0.5, 0.6) is 5.75 Å². The number of benzene rings is 1. The molecule has 0 fully saturated rings. The summed E-state index contributed by atoms with van der Waals surface area (Å²) in [7, 11) is 0. The van der Waals surface area contributed by atoms with Crippen molar-refractivity contribution >= 4 is 29.1 Å². The molecule has 0 saturated carbocycles. The van der Waals surface area contributed by atoms with Crippen molar-refractivity contribution in [1.29, 1.82) is 0 Å². The molecule has 0 unspecified atom stereocenters. The standard InChI is InChI=1S/C18H19Cl2N5O2/c1-3-25-17(15(20)9-22-25)10-21-18(26)16-6-7-24(23-16)11-27-13-4-5-14(19)12(2)8-13/h4-9H,3,10-11H2,1-2H3,(H,21,26). The van der Waals surface area contributed by atoms with Crippen molar-refractivity contribution in [2.24, 2.45) is 0 Å². The van der Waals surface area contributed by atoms with Crippen LogP contribution < -0.4 is 10.1 Å². The van der Waals surface area contributed by atoms with Crippen LogP contribution in [0, 0.1) is 6.92 Å². The van der Waals surface area contributed by atoms with Gasteiger partial charge in [0.1, 0.15) is 11.4 Å². The quantitative estimate of drug-likeness (QED) is 0.647. The van der Waals surface area contributed by atoms with Gasteiger partial charge in [0.05, 0.1) is 23.5 Å². The molecule has 0 aliphatic rings. The average molecular weight is 408 g/mol. The monoisotopic (exact) mass is 407 g/mol. The van der Waals surface area contributed by atoms with E-state index in [-0.39, 0.29) is 19.2 Å².